The molecule has 76 valence electrons. The van der Waals surface area contributed by atoms with Crippen molar-refractivity contribution < 1.29 is 14.3 Å². The zero-order valence-electron chi connectivity index (χ0n) is 7.21. The van der Waals surface area contributed by atoms with Crippen molar-refractivity contribution in [1.29, 1.82) is 0 Å². The second kappa shape index (κ2) is 4.39. The lowest BCUT2D eigenvalue weighted by Crippen LogP contribution is -2.15. The molecule has 14 heavy (non-hydrogen) atoms. The maximum Gasteiger partial charge on any atom is 0.305 e. The highest BCUT2D eigenvalue weighted by molar-refractivity contribution is 6.31. The molecule has 0 aliphatic rings. The predicted molar refractivity (Wildman–Crippen MR) is 50.6 cm³/mol. The summed E-state index contributed by atoms with van der Waals surface area (Å²) in [5.41, 5.74) is 5.85. The Hall–Kier alpha value is -1.13. The van der Waals surface area contributed by atoms with Gasteiger partial charge in [-0.15, -0.1) is 0 Å². The normalized spacial score (nSPS) is 12.5. The molecule has 0 saturated heterocycles. The zero-order chi connectivity index (χ0) is 10.7. The van der Waals surface area contributed by atoms with Crippen molar-refractivity contribution in [3.05, 3.63) is 34.6 Å². The molecule has 0 heterocycles. The SMILES string of the molecule is NC(CC(=O)O)c1cc(F)ccc1Cl. The molecular formula is C9H9ClFNO2. The van der Waals surface area contributed by atoms with Crippen LogP contribution in [-0.4, -0.2) is 11.1 Å². The minimum Gasteiger partial charge on any atom is -0.481 e. The molecule has 1 rings (SSSR count). The monoisotopic (exact) mass is 217 g/mol. The van der Waals surface area contributed by atoms with Crippen LogP contribution in [0.2, 0.25) is 5.02 Å². The van der Waals surface area contributed by atoms with Crippen molar-refractivity contribution in [1.82, 2.24) is 0 Å². The molecule has 1 atom stereocenters. The van der Waals surface area contributed by atoms with Gasteiger partial charge in [-0.2, -0.15) is 0 Å². The minimum atomic E-state index is -1.04. The smallest absolute Gasteiger partial charge is 0.305 e. The van der Waals surface area contributed by atoms with E-state index in [1.165, 1.54) is 12.1 Å². The van der Waals surface area contributed by atoms with Gasteiger partial charge in [0.2, 0.25) is 0 Å². The van der Waals surface area contributed by atoms with E-state index in [9.17, 15) is 9.18 Å². The Morgan fingerprint density at radius 1 is 1.64 bits per heavy atom. The van der Waals surface area contributed by atoms with E-state index in [2.05, 4.69) is 0 Å². The maximum absolute atomic E-state index is 12.8. The summed E-state index contributed by atoms with van der Waals surface area (Å²) >= 11 is 5.73. The van der Waals surface area contributed by atoms with Gasteiger partial charge in [0, 0.05) is 11.1 Å². The lowest BCUT2D eigenvalue weighted by Gasteiger charge is -2.10. The molecule has 3 N–H and O–H groups in total. The summed E-state index contributed by atoms with van der Waals surface area (Å²) in [4.78, 5) is 10.4. The van der Waals surface area contributed by atoms with Gasteiger partial charge in [-0.3, -0.25) is 4.79 Å². The summed E-state index contributed by atoms with van der Waals surface area (Å²) in [6.07, 6.45) is -0.275. The number of hydrogen-bond donors (Lipinski definition) is 2. The van der Waals surface area contributed by atoms with E-state index in [-0.39, 0.29) is 11.4 Å². The summed E-state index contributed by atoms with van der Waals surface area (Å²) in [5.74, 6) is -1.52. The fourth-order valence-electron chi connectivity index (χ4n) is 1.10. The Morgan fingerprint density at radius 2 is 2.29 bits per heavy atom. The molecule has 0 bridgehead atoms. The lowest BCUT2D eigenvalue weighted by atomic mass is 10.0. The van der Waals surface area contributed by atoms with Crippen LogP contribution in [0.5, 0.6) is 0 Å². The molecule has 0 aliphatic carbocycles. The van der Waals surface area contributed by atoms with Crippen molar-refractivity contribution >= 4 is 17.6 Å². The Kier molecular flexibility index (Phi) is 3.43. The number of carboxylic acids is 1. The molecule has 1 aromatic rings. The molecule has 0 fully saturated rings. The Balaban J connectivity index is 2.93. The van der Waals surface area contributed by atoms with Gasteiger partial charge in [-0.25, -0.2) is 4.39 Å². The molecule has 0 saturated carbocycles. The van der Waals surface area contributed by atoms with E-state index in [1.807, 2.05) is 0 Å². The summed E-state index contributed by atoms with van der Waals surface area (Å²) in [6.45, 7) is 0. The maximum atomic E-state index is 12.8. The van der Waals surface area contributed by atoms with Gasteiger partial charge < -0.3 is 10.8 Å². The van der Waals surface area contributed by atoms with Crippen molar-refractivity contribution in [2.24, 2.45) is 5.73 Å². The highest BCUT2D eigenvalue weighted by Gasteiger charge is 2.14. The van der Waals surface area contributed by atoms with E-state index >= 15 is 0 Å². The third-order valence-corrected chi connectivity index (χ3v) is 2.10. The van der Waals surface area contributed by atoms with Crippen LogP contribution in [0.4, 0.5) is 4.39 Å². The number of benzene rings is 1. The van der Waals surface area contributed by atoms with Crippen molar-refractivity contribution in [3.8, 4) is 0 Å². The van der Waals surface area contributed by atoms with Crippen molar-refractivity contribution in [2.45, 2.75) is 12.5 Å². The van der Waals surface area contributed by atoms with Gasteiger partial charge >= 0.3 is 5.97 Å². The van der Waals surface area contributed by atoms with Crippen LogP contribution < -0.4 is 5.73 Å². The van der Waals surface area contributed by atoms with Crippen LogP contribution in [0.15, 0.2) is 18.2 Å². The van der Waals surface area contributed by atoms with Crippen LogP contribution in [0.1, 0.15) is 18.0 Å². The van der Waals surface area contributed by atoms with Crippen LogP contribution in [0.3, 0.4) is 0 Å². The first-order valence-electron chi connectivity index (χ1n) is 3.93. The standard InChI is InChI=1S/C9H9ClFNO2/c10-7-2-1-5(11)3-6(7)8(12)4-9(13)14/h1-3,8H,4,12H2,(H,13,14). The summed E-state index contributed by atoms with van der Waals surface area (Å²) < 4.78 is 12.8. The topological polar surface area (TPSA) is 63.3 Å². The van der Waals surface area contributed by atoms with Crippen molar-refractivity contribution in [3.63, 3.8) is 0 Å². The van der Waals surface area contributed by atoms with E-state index in [0.29, 0.717) is 5.56 Å². The Morgan fingerprint density at radius 3 is 2.86 bits per heavy atom. The van der Waals surface area contributed by atoms with Gasteiger partial charge in [0.1, 0.15) is 5.82 Å². The molecule has 0 aliphatic heterocycles. The molecule has 5 heteroatoms. The second-order valence-electron chi connectivity index (χ2n) is 2.87. The fraction of sp³-hybridized carbons (Fsp3) is 0.222. The average Bonchev–Trinajstić information content (AvgIpc) is 2.08. The Labute approximate surface area is 85.3 Å². The molecule has 3 nitrogen and oxygen atoms in total. The van der Waals surface area contributed by atoms with Gasteiger partial charge in [-0.05, 0) is 23.8 Å². The minimum absolute atomic E-state index is 0.275. The van der Waals surface area contributed by atoms with Crippen LogP contribution in [0.25, 0.3) is 0 Å². The zero-order valence-corrected chi connectivity index (χ0v) is 7.96. The molecule has 0 amide bonds. The van der Waals surface area contributed by atoms with Crippen LogP contribution in [0, 0.1) is 5.82 Å². The second-order valence-corrected chi connectivity index (χ2v) is 3.28. The highest BCUT2D eigenvalue weighted by Crippen LogP contribution is 2.24. The molecular weight excluding hydrogens is 209 g/mol. The summed E-state index contributed by atoms with van der Waals surface area (Å²) in [6, 6.07) is 2.92. The van der Waals surface area contributed by atoms with E-state index < -0.39 is 17.8 Å². The number of carboxylic acid groups (broad SMARTS) is 1. The molecule has 1 unspecified atom stereocenters. The lowest BCUT2D eigenvalue weighted by molar-refractivity contribution is -0.137. The average molecular weight is 218 g/mol. The number of hydrogen-bond acceptors (Lipinski definition) is 2. The molecule has 0 aromatic heterocycles. The highest BCUT2D eigenvalue weighted by atomic mass is 35.5. The third kappa shape index (κ3) is 2.68. The van der Waals surface area contributed by atoms with E-state index in [1.54, 1.807) is 0 Å². The van der Waals surface area contributed by atoms with E-state index in [4.69, 9.17) is 22.4 Å². The molecule has 1 aromatic carbocycles. The first kappa shape index (κ1) is 10.9. The van der Waals surface area contributed by atoms with Crippen molar-refractivity contribution in [2.75, 3.05) is 0 Å². The number of halogens is 2. The summed E-state index contributed by atoms with van der Waals surface area (Å²) in [7, 11) is 0. The largest absolute Gasteiger partial charge is 0.481 e. The predicted octanol–water partition coefficient (Wildman–Crippen LogP) is 1.95. The van der Waals surface area contributed by atoms with Gasteiger partial charge in [0.25, 0.3) is 0 Å². The number of nitrogens with two attached hydrogens (primary N) is 1. The first-order chi connectivity index (χ1) is 6.50. The first-order valence-corrected chi connectivity index (χ1v) is 4.31. The van der Waals surface area contributed by atoms with Gasteiger partial charge in [0.15, 0.2) is 0 Å². The fourth-order valence-corrected chi connectivity index (χ4v) is 1.35. The quantitative estimate of drug-likeness (QED) is 0.814. The molecule has 0 spiro atoms. The van der Waals surface area contributed by atoms with Crippen LogP contribution in [-0.2, 0) is 4.79 Å². The summed E-state index contributed by atoms with van der Waals surface area (Å²) in [5, 5.41) is 8.77. The van der Waals surface area contributed by atoms with Crippen LogP contribution >= 0.6 is 11.6 Å². The number of carbonyl (C=O) groups is 1. The van der Waals surface area contributed by atoms with E-state index in [0.717, 1.165) is 6.07 Å². The number of aliphatic carboxylic acids is 1. The Bertz CT molecular complexity index is 357. The number of rotatable bonds is 3. The third-order valence-electron chi connectivity index (χ3n) is 1.75. The molecule has 0 radical (unpaired) electrons. The van der Waals surface area contributed by atoms with Gasteiger partial charge in [0.05, 0.1) is 6.42 Å². The van der Waals surface area contributed by atoms with Gasteiger partial charge in [-0.1, -0.05) is 11.6 Å².